The molecule has 3 aromatic rings. The zero-order chi connectivity index (χ0) is 20.1. The number of nitrogens with one attached hydrogen (secondary N) is 1. The second-order valence-corrected chi connectivity index (χ2v) is 7.68. The third kappa shape index (κ3) is 4.43. The molecule has 0 bridgehead atoms. The lowest BCUT2D eigenvalue weighted by Crippen LogP contribution is -3.06. The number of carbonyl (C=O) groups is 1. The Hall–Kier alpha value is -2.64. The minimum atomic E-state index is -0.0673. The van der Waals surface area contributed by atoms with Crippen LogP contribution in [0.5, 0.6) is 11.5 Å². The predicted octanol–water partition coefficient (Wildman–Crippen LogP) is 2.49. The number of hydrogen-bond acceptors (Lipinski definition) is 5. The molecule has 6 nitrogen and oxygen atoms in total. The summed E-state index contributed by atoms with van der Waals surface area (Å²) < 4.78 is 11.9. The first-order chi connectivity index (χ1) is 13.5. The molecule has 7 heteroatoms. The number of rotatable bonds is 8. The van der Waals surface area contributed by atoms with Crippen LogP contribution >= 0.6 is 11.3 Å². The molecule has 0 radical (unpaired) electrons. The van der Waals surface area contributed by atoms with Crippen molar-refractivity contribution in [2.75, 3.05) is 45.8 Å². The van der Waals surface area contributed by atoms with Gasteiger partial charge >= 0.3 is 0 Å². The number of aromatic nitrogens is 1. The van der Waals surface area contributed by atoms with E-state index in [1.807, 2.05) is 37.3 Å². The summed E-state index contributed by atoms with van der Waals surface area (Å²) in [4.78, 5) is 21.0. The number of nitrogens with zero attached hydrogens (tertiary/aromatic N) is 2. The van der Waals surface area contributed by atoms with Crippen molar-refractivity contribution >= 4 is 32.6 Å². The molecule has 1 heterocycles. The fourth-order valence-electron chi connectivity index (χ4n) is 2.83. The fraction of sp³-hybridized carbons (Fsp3) is 0.333. The Labute approximate surface area is 169 Å². The average Bonchev–Trinajstić information content (AvgIpc) is 3.12. The number of anilines is 1. The smallest absolute Gasteiger partial charge is 0.260 e. The van der Waals surface area contributed by atoms with E-state index in [9.17, 15) is 4.79 Å². The largest absolute Gasteiger partial charge is 0.494 e. The molecule has 0 unspecified atom stereocenters. The van der Waals surface area contributed by atoms with Gasteiger partial charge in [0, 0.05) is 5.56 Å². The van der Waals surface area contributed by atoms with Crippen LogP contribution in [0.3, 0.4) is 0 Å². The minimum absolute atomic E-state index is 0.0673. The van der Waals surface area contributed by atoms with Crippen LogP contribution < -0.4 is 19.3 Å². The van der Waals surface area contributed by atoms with Gasteiger partial charge in [-0.25, -0.2) is 4.98 Å². The lowest BCUT2D eigenvalue weighted by Gasteiger charge is -2.21. The van der Waals surface area contributed by atoms with Crippen molar-refractivity contribution in [2.45, 2.75) is 6.92 Å². The molecule has 28 heavy (non-hydrogen) atoms. The predicted molar refractivity (Wildman–Crippen MR) is 113 cm³/mol. The first-order valence-electron chi connectivity index (χ1n) is 9.30. The van der Waals surface area contributed by atoms with Crippen molar-refractivity contribution in [1.82, 2.24) is 4.98 Å². The molecule has 0 aliphatic heterocycles. The lowest BCUT2D eigenvalue weighted by molar-refractivity contribution is -0.856. The molecule has 1 N–H and O–H groups in total. The monoisotopic (exact) mass is 400 g/mol. The summed E-state index contributed by atoms with van der Waals surface area (Å²) in [7, 11) is 5.77. The molecule has 0 spiro atoms. The van der Waals surface area contributed by atoms with Gasteiger partial charge in [-0.15, -0.1) is 0 Å². The maximum atomic E-state index is 13.3. The van der Waals surface area contributed by atoms with Crippen molar-refractivity contribution in [3.8, 4) is 11.5 Å². The number of fused-ring (bicyclic) bond motifs is 1. The van der Waals surface area contributed by atoms with Gasteiger partial charge in [0.1, 0.15) is 17.0 Å². The third-order valence-electron chi connectivity index (χ3n) is 4.31. The molecule has 0 atom stereocenters. The molecule has 0 aliphatic carbocycles. The zero-order valence-electron chi connectivity index (χ0n) is 16.7. The Bertz CT molecular complexity index is 938. The molecule has 0 saturated carbocycles. The van der Waals surface area contributed by atoms with Crippen LogP contribution in [0.2, 0.25) is 0 Å². The summed E-state index contributed by atoms with van der Waals surface area (Å²) in [5.41, 5.74) is 1.40. The van der Waals surface area contributed by atoms with Crippen molar-refractivity contribution in [3.63, 3.8) is 0 Å². The van der Waals surface area contributed by atoms with E-state index in [4.69, 9.17) is 14.5 Å². The Morgan fingerprint density at radius 2 is 1.93 bits per heavy atom. The Balaban J connectivity index is 1.95. The summed E-state index contributed by atoms with van der Waals surface area (Å²) in [5.74, 6) is 1.40. The number of thiazole rings is 1. The number of hydrogen-bond donors (Lipinski definition) is 1. The second kappa shape index (κ2) is 9.03. The number of methoxy groups -OCH3 is 1. The van der Waals surface area contributed by atoms with Gasteiger partial charge in [0.05, 0.1) is 45.6 Å². The first-order valence-corrected chi connectivity index (χ1v) is 10.1. The SMILES string of the molecule is CCOc1ccc(C(=O)N(CC[NH+](C)C)c2nc3c(OC)cccc3s2)cc1. The van der Waals surface area contributed by atoms with E-state index in [1.54, 1.807) is 24.1 Å². The molecule has 3 rings (SSSR count). The van der Waals surface area contributed by atoms with Gasteiger partial charge < -0.3 is 14.4 Å². The van der Waals surface area contributed by atoms with Crippen LogP contribution in [-0.4, -0.2) is 51.8 Å². The normalized spacial score (nSPS) is 11.0. The molecule has 0 saturated heterocycles. The van der Waals surface area contributed by atoms with E-state index in [0.717, 1.165) is 22.5 Å². The quantitative estimate of drug-likeness (QED) is 0.631. The number of quaternary nitrogens is 1. The first kappa shape index (κ1) is 20.1. The van der Waals surface area contributed by atoms with E-state index in [0.29, 0.717) is 29.6 Å². The highest BCUT2D eigenvalue weighted by atomic mass is 32.1. The van der Waals surface area contributed by atoms with Crippen LogP contribution in [0, 0.1) is 0 Å². The van der Waals surface area contributed by atoms with Gasteiger partial charge in [-0.1, -0.05) is 17.4 Å². The Morgan fingerprint density at radius 3 is 2.57 bits per heavy atom. The summed E-state index contributed by atoms with van der Waals surface area (Å²) in [5, 5.41) is 0.680. The average molecular weight is 401 g/mol. The summed E-state index contributed by atoms with van der Waals surface area (Å²) in [6, 6.07) is 13.1. The van der Waals surface area contributed by atoms with Crippen LogP contribution in [0.1, 0.15) is 17.3 Å². The Morgan fingerprint density at radius 1 is 1.18 bits per heavy atom. The number of likely N-dealkylation sites (N-methyl/N-ethyl adjacent to an activating group) is 1. The summed E-state index contributed by atoms with van der Waals surface area (Å²) in [6.07, 6.45) is 0. The van der Waals surface area contributed by atoms with Gasteiger partial charge in [-0.2, -0.15) is 0 Å². The van der Waals surface area contributed by atoms with Crippen molar-refractivity contribution < 1.29 is 19.2 Å². The standard InChI is InChI=1S/C21H25N3O3S/c1-5-27-16-11-9-15(10-12-16)20(25)24(14-13-23(2)3)21-22-19-17(26-4)7-6-8-18(19)28-21/h6-12H,5,13-14H2,1-4H3/p+1. The number of amides is 1. The highest BCUT2D eigenvalue weighted by Crippen LogP contribution is 2.34. The molecular formula is C21H26N3O3S+. The number of para-hydroxylation sites is 1. The number of ether oxygens (including phenoxy) is 2. The summed E-state index contributed by atoms with van der Waals surface area (Å²) in [6.45, 7) is 3.93. The molecule has 1 amide bonds. The molecule has 1 aromatic heterocycles. The molecule has 0 fully saturated rings. The lowest BCUT2D eigenvalue weighted by atomic mass is 10.2. The minimum Gasteiger partial charge on any atom is -0.494 e. The van der Waals surface area contributed by atoms with Crippen LogP contribution in [-0.2, 0) is 0 Å². The van der Waals surface area contributed by atoms with Crippen molar-refractivity contribution in [3.05, 3.63) is 48.0 Å². The van der Waals surface area contributed by atoms with Crippen molar-refractivity contribution in [2.24, 2.45) is 0 Å². The van der Waals surface area contributed by atoms with Crippen LogP contribution in [0.4, 0.5) is 5.13 Å². The highest BCUT2D eigenvalue weighted by molar-refractivity contribution is 7.22. The van der Waals surface area contributed by atoms with E-state index in [-0.39, 0.29) is 5.91 Å². The van der Waals surface area contributed by atoms with Gasteiger partial charge in [-0.3, -0.25) is 9.69 Å². The van der Waals surface area contributed by atoms with E-state index in [2.05, 4.69) is 14.1 Å². The van der Waals surface area contributed by atoms with Crippen LogP contribution in [0.25, 0.3) is 10.2 Å². The van der Waals surface area contributed by atoms with E-state index in [1.165, 1.54) is 16.2 Å². The summed E-state index contributed by atoms with van der Waals surface area (Å²) >= 11 is 1.50. The molecule has 2 aromatic carbocycles. The molecule has 0 aliphatic rings. The second-order valence-electron chi connectivity index (χ2n) is 6.67. The van der Waals surface area contributed by atoms with Gasteiger partial charge in [0.2, 0.25) is 0 Å². The van der Waals surface area contributed by atoms with Gasteiger partial charge in [0.25, 0.3) is 5.91 Å². The third-order valence-corrected chi connectivity index (χ3v) is 5.36. The zero-order valence-corrected chi connectivity index (χ0v) is 17.5. The maximum Gasteiger partial charge on any atom is 0.260 e. The Kier molecular flexibility index (Phi) is 6.49. The van der Waals surface area contributed by atoms with Crippen molar-refractivity contribution in [1.29, 1.82) is 0 Å². The van der Waals surface area contributed by atoms with Gasteiger partial charge in [-0.05, 0) is 43.3 Å². The maximum absolute atomic E-state index is 13.3. The molecule has 148 valence electrons. The van der Waals surface area contributed by atoms with E-state index < -0.39 is 0 Å². The number of benzene rings is 2. The topological polar surface area (TPSA) is 56.1 Å². The van der Waals surface area contributed by atoms with Crippen LogP contribution in [0.15, 0.2) is 42.5 Å². The fourth-order valence-corrected chi connectivity index (χ4v) is 3.83. The number of carbonyl (C=O) groups excluding carboxylic acids is 1. The van der Waals surface area contributed by atoms with E-state index >= 15 is 0 Å². The highest BCUT2D eigenvalue weighted by Gasteiger charge is 2.23. The van der Waals surface area contributed by atoms with Gasteiger partial charge in [0.15, 0.2) is 5.13 Å². The molecular weight excluding hydrogens is 374 g/mol.